The van der Waals surface area contributed by atoms with E-state index >= 15 is 0 Å². The zero-order valence-electron chi connectivity index (χ0n) is 6.14. The number of nitrogens with one attached hydrogen (secondary N) is 1. The lowest BCUT2D eigenvalue weighted by atomic mass is 10.4. The third-order valence-electron chi connectivity index (χ3n) is 0.905. The Labute approximate surface area is 61.7 Å². The van der Waals surface area contributed by atoms with Gasteiger partial charge < -0.3 is 0 Å². The molecule has 1 aliphatic rings. The minimum atomic E-state index is 0.852. The maximum Gasteiger partial charge on any atom is 0.0790 e. The van der Waals surface area contributed by atoms with Crippen molar-refractivity contribution in [3.8, 4) is 0 Å². The largest absolute Gasteiger partial charge is 0.300 e. The monoisotopic (exact) mass is 149 g/mol. The highest BCUT2D eigenvalue weighted by Crippen LogP contribution is 1.99. The van der Waals surface area contributed by atoms with Crippen molar-refractivity contribution in [2.75, 3.05) is 13.2 Å². The predicted octanol–water partition coefficient (Wildman–Crippen LogP) is 1.98. The summed E-state index contributed by atoms with van der Waals surface area (Å²) in [6, 6.07) is 0. The summed E-state index contributed by atoms with van der Waals surface area (Å²) < 4.78 is 7.67. The van der Waals surface area contributed by atoms with Crippen LogP contribution in [0.3, 0.4) is 0 Å². The number of unbranched alkanes of at least 4 members (excludes halogenated alkanes) is 1. The molecule has 0 aromatic heterocycles. The van der Waals surface area contributed by atoms with Crippen LogP contribution in [-0.4, -0.2) is 13.2 Å². The smallest absolute Gasteiger partial charge is 0.0790 e. The van der Waals surface area contributed by atoms with E-state index in [2.05, 4.69) is 18.6 Å². The second-order valence-electron chi connectivity index (χ2n) is 1.80. The molecule has 0 spiro atoms. The Hall–Kier alpha value is 0.270. The molecule has 0 aliphatic carbocycles. The Kier molecular flexibility index (Phi) is 8.52. The van der Waals surface area contributed by atoms with Gasteiger partial charge in [-0.2, -0.15) is 0 Å². The van der Waals surface area contributed by atoms with E-state index in [1.54, 1.807) is 0 Å². The van der Waals surface area contributed by atoms with E-state index in [0.29, 0.717) is 0 Å². The molecular formula is C6H15NOS. The van der Waals surface area contributed by atoms with Crippen molar-refractivity contribution in [2.45, 2.75) is 26.7 Å². The van der Waals surface area contributed by atoms with Crippen LogP contribution in [0.4, 0.5) is 0 Å². The minimum absolute atomic E-state index is 0.852. The first-order valence-corrected chi connectivity index (χ1v) is 4.17. The second-order valence-corrected chi connectivity index (χ2v) is 2.49. The Morgan fingerprint density at radius 3 is 2.22 bits per heavy atom. The van der Waals surface area contributed by atoms with Crippen LogP contribution in [0.25, 0.3) is 0 Å². The van der Waals surface area contributed by atoms with Gasteiger partial charge >= 0.3 is 0 Å². The molecule has 1 N–H and O–H groups in total. The van der Waals surface area contributed by atoms with Crippen molar-refractivity contribution < 1.29 is 4.18 Å². The molecule has 0 saturated carbocycles. The van der Waals surface area contributed by atoms with Gasteiger partial charge in [-0.25, -0.2) is 4.72 Å². The molecule has 1 fully saturated rings. The fourth-order valence-corrected chi connectivity index (χ4v) is 0.625. The predicted molar refractivity (Wildman–Crippen MR) is 42.1 cm³/mol. The lowest BCUT2D eigenvalue weighted by Crippen LogP contribution is -1.95. The first-order chi connectivity index (χ1) is 4.41. The lowest BCUT2D eigenvalue weighted by Gasteiger charge is -1.73. The van der Waals surface area contributed by atoms with E-state index in [0.717, 1.165) is 13.2 Å². The van der Waals surface area contributed by atoms with E-state index in [9.17, 15) is 0 Å². The zero-order chi connectivity index (χ0) is 6.95. The van der Waals surface area contributed by atoms with E-state index in [4.69, 9.17) is 4.18 Å². The average molecular weight is 149 g/mol. The highest BCUT2D eigenvalue weighted by Gasteiger charge is 1.94. The Morgan fingerprint density at radius 1 is 1.44 bits per heavy atom. The van der Waals surface area contributed by atoms with Gasteiger partial charge in [0.25, 0.3) is 0 Å². The van der Waals surface area contributed by atoms with Gasteiger partial charge in [-0.05, 0) is 0 Å². The average Bonchev–Trinajstić information content (AvgIpc) is 2.43. The summed E-state index contributed by atoms with van der Waals surface area (Å²) in [5, 5.41) is 0. The zero-order valence-corrected chi connectivity index (χ0v) is 6.96. The van der Waals surface area contributed by atoms with Crippen molar-refractivity contribution in [2.24, 2.45) is 0 Å². The van der Waals surface area contributed by atoms with Crippen LogP contribution >= 0.6 is 12.2 Å². The maximum absolute atomic E-state index is 4.75. The SMILES string of the molecule is C1COSN1.CCCC. The molecule has 1 heterocycles. The molecule has 0 aromatic rings. The summed E-state index contributed by atoms with van der Waals surface area (Å²) in [6.07, 6.45) is 2.64. The fraction of sp³-hybridized carbons (Fsp3) is 1.00. The summed E-state index contributed by atoms with van der Waals surface area (Å²) in [6.45, 7) is 6.20. The highest BCUT2D eigenvalue weighted by atomic mass is 32.2. The first-order valence-electron chi connectivity index (χ1n) is 3.43. The molecule has 1 saturated heterocycles. The van der Waals surface area contributed by atoms with Crippen molar-refractivity contribution in [3.63, 3.8) is 0 Å². The Morgan fingerprint density at radius 2 is 2.11 bits per heavy atom. The van der Waals surface area contributed by atoms with Crippen molar-refractivity contribution >= 4 is 12.2 Å². The standard InChI is InChI=1S/C4H10.C2H5NOS/c1-3-4-2;1-2-4-5-3-1/h3-4H2,1-2H3;3H,1-2H2. The van der Waals surface area contributed by atoms with Crippen LogP contribution in [0.1, 0.15) is 26.7 Å². The van der Waals surface area contributed by atoms with Gasteiger partial charge in [0.15, 0.2) is 0 Å². The second kappa shape index (κ2) is 8.27. The summed E-state index contributed by atoms with van der Waals surface area (Å²) >= 11 is 1.32. The van der Waals surface area contributed by atoms with Crippen molar-refractivity contribution in [1.82, 2.24) is 4.72 Å². The molecule has 0 radical (unpaired) electrons. The van der Waals surface area contributed by atoms with Gasteiger partial charge in [0.1, 0.15) is 0 Å². The molecule has 0 aromatic carbocycles. The van der Waals surface area contributed by atoms with Crippen LogP contribution in [0.5, 0.6) is 0 Å². The molecule has 0 unspecified atom stereocenters. The molecular weight excluding hydrogens is 134 g/mol. The number of hydrogen-bond donors (Lipinski definition) is 1. The van der Waals surface area contributed by atoms with Gasteiger partial charge in [0, 0.05) is 6.54 Å². The molecule has 3 heteroatoms. The normalized spacial score (nSPS) is 16.7. The van der Waals surface area contributed by atoms with E-state index in [1.807, 2.05) is 0 Å². The third-order valence-corrected chi connectivity index (χ3v) is 1.51. The third kappa shape index (κ3) is 8.27. The molecule has 56 valence electrons. The van der Waals surface area contributed by atoms with Gasteiger partial charge in [-0.1, -0.05) is 26.7 Å². The molecule has 0 atom stereocenters. The Bertz CT molecular complexity index is 38.7. The highest BCUT2D eigenvalue weighted by molar-refractivity contribution is 7.92. The van der Waals surface area contributed by atoms with Gasteiger partial charge in [0.05, 0.1) is 18.8 Å². The number of hydrogen-bond acceptors (Lipinski definition) is 3. The van der Waals surface area contributed by atoms with Crippen LogP contribution in [-0.2, 0) is 4.18 Å². The van der Waals surface area contributed by atoms with E-state index in [-0.39, 0.29) is 0 Å². The summed E-state index contributed by atoms with van der Waals surface area (Å²) in [4.78, 5) is 0. The fourth-order valence-electron chi connectivity index (χ4n) is 0.208. The minimum Gasteiger partial charge on any atom is -0.300 e. The lowest BCUT2D eigenvalue weighted by molar-refractivity contribution is 0.416. The quantitative estimate of drug-likeness (QED) is 0.455. The molecule has 2 nitrogen and oxygen atoms in total. The number of rotatable bonds is 1. The van der Waals surface area contributed by atoms with Crippen LogP contribution < -0.4 is 4.72 Å². The topological polar surface area (TPSA) is 21.3 Å². The van der Waals surface area contributed by atoms with E-state index < -0.39 is 0 Å². The van der Waals surface area contributed by atoms with E-state index in [1.165, 1.54) is 25.1 Å². The van der Waals surface area contributed by atoms with Crippen molar-refractivity contribution in [3.05, 3.63) is 0 Å². The first kappa shape index (κ1) is 9.27. The molecule has 1 aliphatic heterocycles. The molecule has 9 heavy (non-hydrogen) atoms. The molecule has 0 bridgehead atoms. The van der Waals surface area contributed by atoms with Gasteiger partial charge in [-0.15, -0.1) is 0 Å². The van der Waals surface area contributed by atoms with Gasteiger partial charge in [0.2, 0.25) is 0 Å². The Balaban J connectivity index is 0.000000148. The maximum atomic E-state index is 4.75. The molecule has 0 amide bonds. The summed E-state index contributed by atoms with van der Waals surface area (Å²) in [5.74, 6) is 0. The molecule has 1 rings (SSSR count). The summed E-state index contributed by atoms with van der Waals surface area (Å²) in [5.41, 5.74) is 0. The van der Waals surface area contributed by atoms with Gasteiger partial charge in [-0.3, -0.25) is 4.18 Å². The van der Waals surface area contributed by atoms with Crippen molar-refractivity contribution in [1.29, 1.82) is 0 Å². The van der Waals surface area contributed by atoms with Crippen LogP contribution in [0.15, 0.2) is 0 Å². The summed E-state index contributed by atoms with van der Waals surface area (Å²) in [7, 11) is 0. The van der Waals surface area contributed by atoms with Crippen LogP contribution in [0, 0.1) is 0 Å². The van der Waals surface area contributed by atoms with Crippen LogP contribution in [0.2, 0.25) is 0 Å².